The van der Waals surface area contributed by atoms with Gasteiger partial charge in [0, 0.05) is 17.0 Å². The second-order valence-electron chi connectivity index (χ2n) is 3.34. The van der Waals surface area contributed by atoms with E-state index in [-0.39, 0.29) is 18.0 Å². The topological polar surface area (TPSA) is 101 Å². The van der Waals surface area contributed by atoms with E-state index < -0.39 is 4.92 Å². The highest BCUT2D eigenvalue weighted by Crippen LogP contribution is 2.30. The van der Waals surface area contributed by atoms with Crippen LogP contribution in [0.4, 0.5) is 5.69 Å². The number of azide groups is 1. The SMILES string of the molecule is Cc1cccc(OCCCN=[N+]=[N-])c1[N+](=O)[O-]. The quantitative estimate of drug-likeness (QED) is 0.189. The van der Waals surface area contributed by atoms with Crippen molar-refractivity contribution in [1.82, 2.24) is 0 Å². The minimum atomic E-state index is -0.460. The van der Waals surface area contributed by atoms with Crippen LogP contribution < -0.4 is 4.74 Å². The van der Waals surface area contributed by atoms with Gasteiger partial charge in [0.05, 0.1) is 11.5 Å². The standard InChI is InChI=1S/C10H12N4O3/c1-8-4-2-5-9(10(8)14(15)16)17-7-3-6-12-13-11/h2,4-5H,3,6-7H2,1H3. The number of rotatable bonds is 6. The Balaban J connectivity index is 2.67. The van der Waals surface area contributed by atoms with Crippen LogP contribution in [0.3, 0.4) is 0 Å². The lowest BCUT2D eigenvalue weighted by atomic mass is 10.2. The number of nitrogens with zero attached hydrogens (tertiary/aromatic N) is 4. The third kappa shape index (κ3) is 3.66. The second-order valence-corrected chi connectivity index (χ2v) is 3.34. The molecule has 1 aromatic carbocycles. The van der Waals surface area contributed by atoms with Gasteiger partial charge in [0.1, 0.15) is 0 Å². The first kappa shape index (κ1) is 12.8. The Bertz CT molecular complexity index is 455. The summed E-state index contributed by atoms with van der Waals surface area (Å²) in [6, 6.07) is 4.91. The normalized spacial score (nSPS) is 9.47. The van der Waals surface area contributed by atoms with Crippen LogP contribution in [-0.4, -0.2) is 18.1 Å². The Kier molecular flexibility index (Phi) is 4.77. The zero-order valence-corrected chi connectivity index (χ0v) is 9.37. The molecule has 0 saturated carbocycles. The molecule has 0 saturated heterocycles. The Morgan fingerprint density at radius 2 is 2.35 bits per heavy atom. The molecule has 0 aromatic heterocycles. The van der Waals surface area contributed by atoms with Crippen molar-refractivity contribution >= 4 is 5.69 Å². The van der Waals surface area contributed by atoms with E-state index in [2.05, 4.69) is 10.0 Å². The number of hydrogen-bond donors (Lipinski definition) is 0. The number of nitro benzene ring substituents is 1. The molecular weight excluding hydrogens is 224 g/mol. The molecule has 17 heavy (non-hydrogen) atoms. The van der Waals surface area contributed by atoms with Crippen molar-refractivity contribution in [3.05, 3.63) is 44.3 Å². The maximum Gasteiger partial charge on any atom is 0.313 e. The fourth-order valence-corrected chi connectivity index (χ4v) is 1.34. The summed E-state index contributed by atoms with van der Waals surface area (Å²) < 4.78 is 5.30. The fraction of sp³-hybridized carbons (Fsp3) is 0.400. The van der Waals surface area contributed by atoms with E-state index >= 15 is 0 Å². The molecule has 1 rings (SSSR count). The summed E-state index contributed by atoms with van der Waals surface area (Å²) in [6.07, 6.45) is 0.523. The van der Waals surface area contributed by atoms with Gasteiger partial charge in [0.2, 0.25) is 0 Å². The fourth-order valence-electron chi connectivity index (χ4n) is 1.34. The van der Waals surface area contributed by atoms with E-state index in [0.29, 0.717) is 18.5 Å². The number of nitro groups is 1. The first-order valence-corrected chi connectivity index (χ1v) is 5.04. The molecule has 90 valence electrons. The number of para-hydroxylation sites is 1. The van der Waals surface area contributed by atoms with Crippen molar-refractivity contribution in [1.29, 1.82) is 0 Å². The molecule has 0 aliphatic carbocycles. The van der Waals surface area contributed by atoms with Gasteiger partial charge in [-0.25, -0.2) is 0 Å². The molecule has 0 atom stereocenters. The Morgan fingerprint density at radius 3 is 3.00 bits per heavy atom. The van der Waals surface area contributed by atoms with E-state index in [1.54, 1.807) is 25.1 Å². The summed E-state index contributed by atoms with van der Waals surface area (Å²) in [6.45, 7) is 2.25. The Morgan fingerprint density at radius 1 is 1.59 bits per heavy atom. The summed E-state index contributed by atoms with van der Waals surface area (Å²) in [5.41, 5.74) is 8.60. The predicted molar refractivity (Wildman–Crippen MR) is 62.0 cm³/mol. The van der Waals surface area contributed by atoms with Crippen molar-refractivity contribution in [3.63, 3.8) is 0 Å². The van der Waals surface area contributed by atoms with Gasteiger partial charge < -0.3 is 4.74 Å². The molecule has 7 nitrogen and oxygen atoms in total. The maximum atomic E-state index is 10.8. The van der Waals surface area contributed by atoms with Crippen molar-refractivity contribution in [2.75, 3.05) is 13.2 Å². The number of aryl methyl sites for hydroxylation is 1. The van der Waals surface area contributed by atoms with Crippen LogP contribution in [-0.2, 0) is 0 Å². The Labute approximate surface area is 97.8 Å². The van der Waals surface area contributed by atoms with Gasteiger partial charge in [-0.15, -0.1) is 0 Å². The molecule has 7 heteroatoms. The van der Waals surface area contributed by atoms with Gasteiger partial charge in [0.25, 0.3) is 0 Å². The molecule has 0 N–H and O–H groups in total. The van der Waals surface area contributed by atoms with E-state index in [0.717, 1.165) is 0 Å². The van der Waals surface area contributed by atoms with Crippen molar-refractivity contribution in [2.45, 2.75) is 13.3 Å². The Hall–Kier alpha value is -2.27. The van der Waals surface area contributed by atoms with Crippen LogP contribution in [0, 0.1) is 17.0 Å². The average Bonchev–Trinajstić information content (AvgIpc) is 2.28. The number of hydrogen-bond acceptors (Lipinski definition) is 4. The number of benzene rings is 1. The van der Waals surface area contributed by atoms with Crippen LogP contribution in [0.25, 0.3) is 10.4 Å². The minimum absolute atomic E-state index is 0.0173. The zero-order valence-electron chi connectivity index (χ0n) is 9.37. The largest absolute Gasteiger partial charge is 0.487 e. The van der Waals surface area contributed by atoms with Gasteiger partial charge in [-0.2, -0.15) is 0 Å². The molecule has 0 spiro atoms. The second kappa shape index (κ2) is 6.34. The van der Waals surface area contributed by atoms with Crippen LogP contribution >= 0.6 is 0 Å². The van der Waals surface area contributed by atoms with Crippen molar-refractivity contribution in [3.8, 4) is 5.75 Å². The molecule has 0 aliphatic heterocycles. The molecular formula is C10H12N4O3. The summed E-state index contributed by atoms with van der Waals surface area (Å²) >= 11 is 0. The third-order valence-corrected chi connectivity index (χ3v) is 2.11. The molecule has 0 aliphatic rings. The lowest BCUT2D eigenvalue weighted by Crippen LogP contribution is -2.02. The van der Waals surface area contributed by atoms with E-state index in [9.17, 15) is 10.1 Å². The summed E-state index contributed by atoms with van der Waals surface area (Å²) in [5, 5.41) is 14.2. The van der Waals surface area contributed by atoms with Gasteiger partial charge in [0.15, 0.2) is 5.75 Å². The zero-order chi connectivity index (χ0) is 12.7. The minimum Gasteiger partial charge on any atom is -0.487 e. The van der Waals surface area contributed by atoms with E-state index in [4.69, 9.17) is 10.3 Å². The summed E-state index contributed by atoms with van der Waals surface area (Å²) in [4.78, 5) is 13.0. The molecule has 0 heterocycles. The first-order valence-electron chi connectivity index (χ1n) is 5.04. The number of ether oxygens (including phenoxy) is 1. The van der Waals surface area contributed by atoms with Gasteiger partial charge in [-0.3, -0.25) is 10.1 Å². The van der Waals surface area contributed by atoms with Crippen molar-refractivity contribution in [2.24, 2.45) is 5.11 Å². The maximum absolute atomic E-state index is 10.8. The molecule has 0 unspecified atom stereocenters. The van der Waals surface area contributed by atoms with E-state index in [1.165, 1.54) is 0 Å². The monoisotopic (exact) mass is 236 g/mol. The van der Waals surface area contributed by atoms with Crippen molar-refractivity contribution < 1.29 is 9.66 Å². The van der Waals surface area contributed by atoms with Crippen LogP contribution in [0.15, 0.2) is 23.3 Å². The van der Waals surface area contributed by atoms with E-state index in [1.807, 2.05) is 0 Å². The van der Waals surface area contributed by atoms with Crippen LogP contribution in [0.2, 0.25) is 0 Å². The highest BCUT2D eigenvalue weighted by atomic mass is 16.6. The molecule has 0 radical (unpaired) electrons. The van der Waals surface area contributed by atoms with Gasteiger partial charge in [-0.1, -0.05) is 17.2 Å². The highest BCUT2D eigenvalue weighted by molar-refractivity contribution is 5.51. The predicted octanol–water partition coefficient (Wildman–Crippen LogP) is 2.98. The molecule has 1 aromatic rings. The van der Waals surface area contributed by atoms with Gasteiger partial charge >= 0.3 is 5.69 Å². The highest BCUT2D eigenvalue weighted by Gasteiger charge is 2.17. The smallest absolute Gasteiger partial charge is 0.313 e. The van der Waals surface area contributed by atoms with Crippen LogP contribution in [0.5, 0.6) is 5.75 Å². The third-order valence-electron chi connectivity index (χ3n) is 2.11. The lowest BCUT2D eigenvalue weighted by molar-refractivity contribution is -0.386. The average molecular weight is 236 g/mol. The molecule has 0 fully saturated rings. The van der Waals surface area contributed by atoms with Crippen LogP contribution in [0.1, 0.15) is 12.0 Å². The van der Waals surface area contributed by atoms with Gasteiger partial charge in [-0.05, 0) is 24.9 Å². The molecule has 0 amide bonds. The summed E-state index contributed by atoms with van der Waals surface area (Å²) in [5.74, 6) is 0.246. The summed E-state index contributed by atoms with van der Waals surface area (Å²) in [7, 11) is 0. The molecule has 0 bridgehead atoms. The lowest BCUT2D eigenvalue weighted by Gasteiger charge is -2.06. The first-order chi connectivity index (χ1) is 8.16.